The van der Waals surface area contributed by atoms with Crippen molar-refractivity contribution in [3.05, 3.63) is 0 Å². The number of hydrogen-bond donors (Lipinski definition) is 1. The largest absolute Gasteiger partial charge is 0.342 e. The summed E-state index contributed by atoms with van der Waals surface area (Å²) < 4.78 is 3.48. The van der Waals surface area contributed by atoms with Gasteiger partial charge in [-0.2, -0.15) is 0 Å². The minimum absolute atomic E-state index is 0.240. The highest BCUT2D eigenvalue weighted by Gasteiger charge is 2.42. The Kier molecular flexibility index (Phi) is 3.02. The van der Waals surface area contributed by atoms with E-state index in [9.17, 15) is 4.79 Å². The Morgan fingerprint density at radius 3 is 2.36 bits per heavy atom. The van der Waals surface area contributed by atoms with Crippen LogP contribution in [0, 0.1) is 11.8 Å². The molecular formula is C10H18N2OS. The number of carbonyl (C=O) groups is 1. The molecule has 2 rings (SSSR count). The number of nitrogens with one attached hydrogen (secondary N) is 1. The average molecular weight is 214 g/mol. The standard InChI is InChI=1S/C10H18N2OS/c1-7(13)12-5-8-3-4-9(6-12)10(8)11-14-2/h8-11H,3-6H2,1-2H3. The van der Waals surface area contributed by atoms with Crippen molar-refractivity contribution in [2.45, 2.75) is 25.8 Å². The van der Waals surface area contributed by atoms with Crippen LogP contribution in [0.25, 0.3) is 0 Å². The zero-order valence-electron chi connectivity index (χ0n) is 8.82. The smallest absolute Gasteiger partial charge is 0.219 e. The molecule has 80 valence electrons. The van der Waals surface area contributed by atoms with Crippen molar-refractivity contribution in [1.82, 2.24) is 9.62 Å². The van der Waals surface area contributed by atoms with Gasteiger partial charge >= 0.3 is 0 Å². The molecule has 1 saturated heterocycles. The maximum atomic E-state index is 11.3. The molecule has 0 aromatic carbocycles. The van der Waals surface area contributed by atoms with Crippen LogP contribution >= 0.6 is 11.9 Å². The van der Waals surface area contributed by atoms with Gasteiger partial charge in [0.05, 0.1) is 0 Å². The second-order valence-corrected chi connectivity index (χ2v) is 5.01. The molecule has 4 heteroatoms. The van der Waals surface area contributed by atoms with Gasteiger partial charge in [0.1, 0.15) is 0 Å². The van der Waals surface area contributed by atoms with Crippen LogP contribution in [-0.2, 0) is 4.79 Å². The summed E-state index contributed by atoms with van der Waals surface area (Å²) in [7, 11) is 0. The molecule has 2 fully saturated rings. The first-order chi connectivity index (χ1) is 6.72. The van der Waals surface area contributed by atoms with Crippen molar-refractivity contribution in [3.63, 3.8) is 0 Å². The highest BCUT2D eigenvalue weighted by Crippen LogP contribution is 2.37. The Balaban J connectivity index is 2.01. The van der Waals surface area contributed by atoms with Crippen LogP contribution in [-0.4, -0.2) is 36.2 Å². The summed E-state index contributed by atoms with van der Waals surface area (Å²) in [5.74, 6) is 1.61. The third-order valence-corrected chi connectivity index (χ3v) is 4.04. The molecule has 3 nitrogen and oxygen atoms in total. The molecule has 0 radical (unpaired) electrons. The van der Waals surface area contributed by atoms with Gasteiger partial charge in [-0.15, -0.1) is 0 Å². The lowest BCUT2D eigenvalue weighted by atomic mass is 9.93. The van der Waals surface area contributed by atoms with Gasteiger partial charge in [-0.1, -0.05) is 11.9 Å². The topological polar surface area (TPSA) is 32.3 Å². The number of nitrogens with zero attached hydrogens (tertiary/aromatic N) is 1. The van der Waals surface area contributed by atoms with E-state index in [1.54, 1.807) is 18.9 Å². The van der Waals surface area contributed by atoms with Gasteiger partial charge in [-0.05, 0) is 30.9 Å². The van der Waals surface area contributed by atoms with Gasteiger partial charge < -0.3 is 4.90 Å². The Morgan fingerprint density at radius 1 is 1.36 bits per heavy atom. The van der Waals surface area contributed by atoms with Crippen molar-refractivity contribution in [2.75, 3.05) is 19.3 Å². The van der Waals surface area contributed by atoms with Crippen LogP contribution in [0.4, 0.5) is 0 Å². The van der Waals surface area contributed by atoms with E-state index >= 15 is 0 Å². The van der Waals surface area contributed by atoms with E-state index in [-0.39, 0.29) is 5.91 Å². The fraction of sp³-hybridized carbons (Fsp3) is 0.900. The van der Waals surface area contributed by atoms with E-state index in [2.05, 4.69) is 11.0 Å². The van der Waals surface area contributed by atoms with Crippen LogP contribution in [0.5, 0.6) is 0 Å². The minimum Gasteiger partial charge on any atom is -0.342 e. The van der Waals surface area contributed by atoms with Gasteiger partial charge in [0.15, 0.2) is 0 Å². The fourth-order valence-corrected chi connectivity index (χ4v) is 3.47. The van der Waals surface area contributed by atoms with Crippen molar-refractivity contribution >= 4 is 17.9 Å². The molecule has 0 spiro atoms. The molecule has 1 aliphatic carbocycles. The van der Waals surface area contributed by atoms with Gasteiger partial charge in [-0.25, -0.2) is 0 Å². The molecule has 1 heterocycles. The Hall–Kier alpha value is -0.220. The van der Waals surface area contributed by atoms with Gasteiger partial charge in [-0.3, -0.25) is 9.52 Å². The number of fused-ring (bicyclic) bond motifs is 2. The summed E-state index contributed by atoms with van der Waals surface area (Å²) >= 11 is 1.71. The highest BCUT2D eigenvalue weighted by atomic mass is 32.2. The molecule has 1 N–H and O–H groups in total. The summed E-state index contributed by atoms with van der Waals surface area (Å²) in [6.07, 6.45) is 4.65. The maximum Gasteiger partial charge on any atom is 0.219 e. The van der Waals surface area contributed by atoms with Crippen LogP contribution in [0.15, 0.2) is 0 Å². The number of carbonyl (C=O) groups excluding carboxylic acids is 1. The summed E-state index contributed by atoms with van der Waals surface area (Å²) in [5.41, 5.74) is 0. The van der Waals surface area contributed by atoms with Crippen LogP contribution < -0.4 is 4.72 Å². The Morgan fingerprint density at radius 2 is 1.93 bits per heavy atom. The van der Waals surface area contributed by atoms with E-state index in [1.807, 2.05) is 4.90 Å². The molecule has 0 aromatic rings. The van der Waals surface area contributed by atoms with Gasteiger partial charge in [0.25, 0.3) is 0 Å². The first-order valence-corrected chi connectivity index (χ1v) is 6.49. The third kappa shape index (κ3) is 1.77. The van der Waals surface area contributed by atoms with Crippen molar-refractivity contribution in [2.24, 2.45) is 11.8 Å². The first kappa shape index (κ1) is 10.3. The van der Waals surface area contributed by atoms with E-state index in [0.29, 0.717) is 17.9 Å². The molecular weight excluding hydrogens is 196 g/mol. The molecule has 0 aromatic heterocycles. The summed E-state index contributed by atoms with van der Waals surface area (Å²) in [4.78, 5) is 13.3. The molecule has 2 bridgehead atoms. The van der Waals surface area contributed by atoms with Crippen LogP contribution in [0.2, 0.25) is 0 Å². The number of hydrogen-bond acceptors (Lipinski definition) is 3. The predicted octanol–water partition coefficient (Wildman–Crippen LogP) is 1.11. The SMILES string of the molecule is CSNC1C2CCC1CN(C(C)=O)C2. The highest BCUT2D eigenvalue weighted by molar-refractivity contribution is 7.96. The minimum atomic E-state index is 0.240. The van der Waals surface area contributed by atoms with E-state index in [1.165, 1.54) is 12.8 Å². The number of likely N-dealkylation sites (tertiary alicyclic amines) is 1. The maximum absolute atomic E-state index is 11.3. The average Bonchev–Trinajstić information content (AvgIpc) is 2.40. The number of amides is 1. The van der Waals surface area contributed by atoms with E-state index in [0.717, 1.165) is 13.1 Å². The van der Waals surface area contributed by atoms with E-state index in [4.69, 9.17) is 0 Å². The molecule has 2 aliphatic rings. The second-order valence-electron chi connectivity index (χ2n) is 4.37. The predicted molar refractivity (Wildman–Crippen MR) is 58.9 cm³/mol. The molecule has 14 heavy (non-hydrogen) atoms. The molecule has 1 saturated carbocycles. The van der Waals surface area contributed by atoms with Crippen molar-refractivity contribution in [1.29, 1.82) is 0 Å². The normalized spacial score (nSPS) is 36.1. The zero-order valence-corrected chi connectivity index (χ0v) is 9.64. The molecule has 1 aliphatic heterocycles. The van der Waals surface area contributed by atoms with Gasteiger partial charge in [0, 0.05) is 26.1 Å². The summed E-state index contributed by atoms with van der Waals surface area (Å²) in [6, 6.07) is 0.639. The first-order valence-electron chi connectivity index (χ1n) is 5.26. The van der Waals surface area contributed by atoms with Crippen LogP contribution in [0.1, 0.15) is 19.8 Å². The van der Waals surface area contributed by atoms with Crippen molar-refractivity contribution < 1.29 is 4.79 Å². The van der Waals surface area contributed by atoms with E-state index < -0.39 is 0 Å². The lowest BCUT2D eigenvalue weighted by Gasteiger charge is -2.37. The van der Waals surface area contributed by atoms with Crippen molar-refractivity contribution in [3.8, 4) is 0 Å². The van der Waals surface area contributed by atoms with Gasteiger partial charge in [0.2, 0.25) is 5.91 Å². The summed E-state index contributed by atoms with van der Waals surface area (Å²) in [5, 5.41) is 0. The zero-order chi connectivity index (χ0) is 10.1. The monoisotopic (exact) mass is 214 g/mol. The second kappa shape index (κ2) is 4.11. The lowest BCUT2D eigenvalue weighted by Crippen LogP contribution is -2.50. The van der Waals surface area contributed by atoms with Crippen LogP contribution in [0.3, 0.4) is 0 Å². The number of piperidine rings is 1. The lowest BCUT2D eigenvalue weighted by molar-refractivity contribution is -0.131. The molecule has 1 amide bonds. The third-order valence-electron chi connectivity index (χ3n) is 3.53. The summed E-state index contributed by atoms with van der Waals surface area (Å²) in [6.45, 7) is 3.61. The molecule has 2 unspecified atom stereocenters. The Labute approximate surface area is 89.7 Å². The molecule has 2 atom stereocenters. The number of rotatable bonds is 2. The fourth-order valence-electron chi connectivity index (χ4n) is 2.81. The Bertz CT molecular complexity index is 220. The quantitative estimate of drug-likeness (QED) is 0.699.